The Balaban J connectivity index is 2.54. The SMILES string of the molecule is O=C(O)C1OC(OC2C(COS(=O)(=O)O)OC(CO)C2COS(=O)(=O)O)C(OS(=O)(=O)O)C(O)C1OS(=O)(=O)O. The summed E-state index contributed by atoms with van der Waals surface area (Å²) < 4.78 is 157. The van der Waals surface area contributed by atoms with Crippen LogP contribution >= 0.6 is 0 Å². The van der Waals surface area contributed by atoms with Crippen molar-refractivity contribution < 1.29 is 103 Å². The van der Waals surface area contributed by atoms with E-state index < -0.39 is 122 Å². The van der Waals surface area contributed by atoms with Gasteiger partial charge in [0.2, 0.25) is 0 Å². The van der Waals surface area contributed by atoms with Crippen LogP contribution in [0.3, 0.4) is 0 Å². The van der Waals surface area contributed by atoms with E-state index in [2.05, 4.69) is 16.7 Å². The smallest absolute Gasteiger partial charge is 0.397 e. The number of aliphatic carboxylic acids is 1. The third-order valence-electron chi connectivity index (χ3n) is 5.11. The van der Waals surface area contributed by atoms with E-state index in [9.17, 15) is 53.8 Å². The quantitative estimate of drug-likeness (QED) is 0.0847. The molecule has 23 nitrogen and oxygen atoms in total. The van der Waals surface area contributed by atoms with Gasteiger partial charge < -0.3 is 29.5 Å². The first-order valence-corrected chi connectivity index (χ1v) is 15.5. The maximum atomic E-state index is 11.7. The Hall–Kier alpha value is -1.25. The van der Waals surface area contributed by atoms with E-state index in [1.807, 2.05) is 0 Å². The van der Waals surface area contributed by atoms with Gasteiger partial charge in [-0.05, 0) is 0 Å². The molecule has 2 fully saturated rings. The van der Waals surface area contributed by atoms with E-state index in [4.69, 9.17) is 32.4 Å². The molecule has 0 aliphatic carbocycles. The van der Waals surface area contributed by atoms with Crippen molar-refractivity contribution in [1.29, 1.82) is 0 Å². The highest BCUT2D eigenvalue weighted by molar-refractivity contribution is 7.81. The molecule has 2 aliphatic rings. The van der Waals surface area contributed by atoms with E-state index in [0.717, 1.165) is 0 Å². The summed E-state index contributed by atoms with van der Waals surface area (Å²) in [6, 6.07) is 0. The molecule has 2 saturated heterocycles. The van der Waals surface area contributed by atoms with Crippen LogP contribution in [-0.4, -0.2) is 142 Å². The van der Waals surface area contributed by atoms with Gasteiger partial charge in [0.15, 0.2) is 18.5 Å². The highest BCUT2D eigenvalue weighted by Crippen LogP contribution is 2.36. The Morgan fingerprint density at radius 1 is 0.700 bits per heavy atom. The maximum Gasteiger partial charge on any atom is 0.397 e. The maximum absolute atomic E-state index is 11.7. The van der Waals surface area contributed by atoms with Gasteiger partial charge in [0.05, 0.1) is 32.0 Å². The lowest BCUT2D eigenvalue weighted by Gasteiger charge is -2.42. The Bertz CT molecular complexity index is 1320. The van der Waals surface area contributed by atoms with Gasteiger partial charge in [-0.25, -0.2) is 21.5 Å². The van der Waals surface area contributed by atoms with Crippen LogP contribution in [0.1, 0.15) is 0 Å². The summed E-state index contributed by atoms with van der Waals surface area (Å²) in [7, 11) is -21.5. The molecule has 0 saturated carbocycles. The summed E-state index contributed by atoms with van der Waals surface area (Å²) >= 11 is 0. The molecule has 0 aromatic heterocycles. The van der Waals surface area contributed by atoms with Crippen LogP contribution in [0, 0.1) is 5.92 Å². The van der Waals surface area contributed by atoms with Crippen molar-refractivity contribution in [2.24, 2.45) is 5.92 Å². The zero-order chi connectivity index (χ0) is 30.8. The first-order chi connectivity index (χ1) is 18.0. The first-order valence-electron chi connectivity index (χ1n) is 10.0. The number of aliphatic hydroxyl groups excluding tert-OH is 2. The topological polar surface area (TPSA) is 360 Å². The molecule has 2 heterocycles. The monoisotopic (exact) mass is 674 g/mol. The Morgan fingerprint density at radius 3 is 1.65 bits per heavy atom. The Morgan fingerprint density at radius 2 is 1.20 bits per heavy atom. The van der Waals surface area contributed by atoms with Crippen LogP contribution in [0.4, 0.5) is 0 Å². The minimum atomic E-state index is -5.61. The number of carboxylic acids is 1. The van der Waals surface area contributed by atoms with Crippen molar-refractivity contribution in [3.05, 3.63) is 0 Å². The number of hydrogen-bond acceptors (Lipinski definition) is 18. The lowest BCUT2D eigenvalue weighted by atomic mass is 9.96. The zero-order valence-electron chi connectivity index (χ0n) is 19.1. The second-order valence-electron chi connectivity index (χ2n) is 7.82. The minimum Gasteiger partial charge on any atom is -0.479 e. The van der Waals surface area contributed by atoms with E-state index in [0.29, 0.717) is 0 Å². The summed E-state index contributed by atoms with van der Waals surface area (Å²) in [5.74, 6) is -3.72. The molecule has 0 bridgehead atoms. The average molecular weight is 675 g/mol. The van der Waals surface area contributed by atoms with Gasteiger partial charge in [-0.1, -0.05) is 0 Å². The molecular weight excluding hydrogens is 652 g/mol. The van der Waals surface area contributed by atoms with Crippen LogP contribution in [0.25, 0.3) is 0 Å². The van der Waals surface area contributed by atoms with Gasteiger partial charge in [-0.3, -0.25) is 18.2 Å². The molecule has 7 N–H and O–H groups in total. The van der Waals surface area contributed by atoms with Crippen molar-refractivity contribution in [2.45, 2.75) is 49.0 Å². The van der Waals surface area contributed by atoms with Crippen molar-refractivity contribution in [1.82, 2.24) is 0 Å². The van der Waals surface area contributed by atoms with Crippen LogP contribution in [-0.2, 0) is 77.3 Å². The van der Waals surface area contributed by atoms with Gasteiger partial charge in [-0.15, -0.1) is 0 Å². The summed E-state index contributed by atoms with van der Waals surface area (Å²) in [6.07, 6.45) is -18.5. The third kappa shape index (κ3) is 10.5. The second kappa shape index (κ2) is 12.9. The zero-order valence-corrected chi connectivity index (χ0v) is 22.4. The highest BCUT2D eigenvalue weighted by atomic mass is 32.3. The molecule has 9 atom stereocenters. The minimum absolute atomic E-state index is 0.997. The standard InChI is InChI=1S/C13H22O23S4/c14-1-5-4(2-30-37(18,19)20)8(6(32-5)3-31-38(21,22)23)33-13-10(36-40(27,28)29)7(15)9(35-39(24,25)26)11(34-13)12(16)17/h4-11,13-15H,1-3H2,(H,16,17)(H,18,19,20)(H,21,22,23)(H,24,25,26)(H,27,28,29). The van der Waals surface area contributed by atoms with Crippen LogP contribution in [0.5, 0.6) is 0 Å². The van der Waals surface area contributed by atoms with Gasteiger partial charge in [0.25, 0.3) is 0 Å². The van der Waals surface area contributed by atoms with Crippen molar-refractivity contribution in [3.8, 4) is 0 Å². The summed E-state index contributed by atoms with van der Waals surface area (Å²) in [5, 5.41) is 29.5. The summed E-state index contributed by atoms with van der Waals surface area (Å²) in [5.41, 5.74) is 0. The first kappa shape index (κ1) is 34.9. The average Bonchev–Trinajstić information content (AvgIpc) is 3.08. The molecule has 2 rings (SSSR count). The number of carboxylic acid groups (broad SMARTS) is 1. The van der Waals surface area contributed by atoms with Gasteiger partial charge in [-0.2, -0.15) is 33.7 Å². The molecule has 0 amide bonds. The Labute approximate surface area is 225 Å². The molecule has 236 valence electrons. The van der Waals surface area contributed by atoms with Gasteiger partial charge in [0, 0.05) is 5.92 Å². The lowest BCUT2D eigenvalue weighted by molar-refractivity contribution is -0.301. The fourth-order valence-corrected chi connectivity index (χ4v) is 5.31. The van der Waals surface area contributed by atoms with E-state index in [-0.39, 0.29) is 0 Å². The third-order valence-corrected chi connectivity index (χ3v) is 6.91. The van der Waals surface area contributed by atoms with Crippen LogP contribution in [0.15, 0.2) is 0 Å². The molecule has 0 aromatic rings. The molecule has 2 aliphatic heterocycles. The van der Waals surface area contributed by atoms with Crippen LogP contribution in [0.2, 0.25) is 0 Å². The number of carbonyl (C=O) groups is 1. The van der Waals surface area contributed by atoms with Crippen molar-refractivity contribution in [3.63, 3.8) is 0 Å². The fourth-order valence-electron chi connectivity index (χ4n) is 3.69. The fraction of sp³-hybridized carbons (Fsp3) is 0.923. The summed E-state index contributed by atoms with van der Waals surface area (Å²) in [4.78, 5) is 11.7. The normalized spacial score (nSPS) is 34.1. The number of aliphatic hydroxyl groups is 2. The molecule has 27 heteroatoms. The second-order valence-corrected chi connectivity index (χ2v) is 12.1. The molecule has 9 unspecified atom stereocenters. The predicted molar refractivity (Wildman–Crippen MR) is 114 cm³/mol. The largest absolute Gasteiger partial charge is 0.479 e. The molecule has 40 heavy (non-hydrogen) atoms. The van der Waals surface area contributed by atoms with E-state index in [1.54, 1.807) is 0 Å². The van der Waals surface area contributed by atoms with Gasteiger partial charge >= 0.3 is 47.6 Å². The van der Waals surface area contributed by atoms with E-state index in [1.165, 1.54) is 0 Å². The molecule has 0 aromatic carbocycles. The van der Waals surface area contributed by atoms with Crippen molar-refractivity contribution >= 4 is 47.6 Å². The van der Waals surface area contributed by atoms with Crippen molar-refractivity contribution in [2.75, 3.05) is 19.8 Å². The number of ether oxygens (including phenoxy) is 3. The lowest BCUT2D eigenvalue weighted by Crippen LogP contribution is -2.63. The highest BCUT2D eigenvalue weighted by Gasteiger charge is 2.56. The molecule has 0 radical (unpaired) electrons. The summed E-state index contributed by atoms with van der Waals surface area (Å²) in [6.45, 7) is -3.31. The molecule has 0 spiro atoms. The predicted octanol–water partition coefficient (Wildman–Crippen LogP) is -5.07. The van der Waals surface area contributed by atoms with Crippen LogP contribution < -0.4 is 0 Å². The number of rotatable bonds is 14. The molecular formula is C13H22O23S4. The Kier molecular flexibility index (Phi) is 11.3. The van der Waals surface area contributed by atoms with E-state index >= 15 is 0 Å². The number of hydrogen-bond donors (Lipinski definition) is 7. The van der Waals surface area contributed by atoms with Gasteiger partial charge in [0.1, 0.15) is 18.3 Å².